The van der Waals surface area contributed by atoms with Gasteiger partial charge in [0.15, 0.2) is 5.65 Å². The third-order valence-corrected chi connectivity index (χ3v) is 5.60. The largest absolute Gasteiger partial charge is 0.433 e. The van der Waals surface area contributed by atoms with Gasteiger partial charge in [0.2, 0.25) is 10.0 Å². The molecule has 0 aliphatic heterocycles. The highest BCUT2D eigenvalue weighted by molar-refractivity contribution is 7.92. The molecule has 0 saturated heterocycles. The molecule has 1 amide bonds. The lowest BCUT2D eigenvalue weighted by atomic mass is 10.1. The molecule has 13 heteroatoms. The van der Waals surface area contributed by atoms with E-state index in [2.05, 4.69) is 15.0 Å². The van der Waals surface area contributed by atoms with Crippen LogP contribution in [0.5, 0.6) is 0 Å². The SMILES string of the molecule is Cc1nc2c(-c3ccccc3)c(C(F)(F)F)[nH]n2c(=O)c1C(=O)Nc1ccccc1NS(C)(=O)=O. The number of nitrogens with zero attached hydrogens (tertiary/aromatic N) is 2. The number of para-hydroxylation sites is 2. The number of carbonyl (C=O) groups excluding carboxylic acids is 1. The number of aromatic nitrogens is 3. The first kappa shape index (κ1) is 24.0. The highest BCUT2D eigenvalue weighted by Gasteiger charge is 2.38. The molecule has 0 spiro atoms. The summed E-state index contributed by atoms with van der Waals surface area (Å²) in [6, 6.07) is 13.5. The molecule has 2 heterocycles. The standard InChI is InChI=1S/C22H18F3N5O4S/c1-12-16(20(31)27-14-10-6-7-11-15(14)29-35(2,33)34)21(32)30-19(26-12)17(13-8-4-3-5-9-13)18(28-30)22(23,24)25/h3-11,28-29H,1-2H3,(H,27,31). The first-order valence-electron chi connectivity index (χ1n) is 10.0. The zero-order valence-corrected chi connectivity index (χ0v) is 19.1. The minimum absolute atomic E-state index is 0.0410. The Hall–Kier alpha value is -4.13. The summed E-state index contributed by atoms with van der Waals surface area (Å²) in [6.45, 7) is 1.33. The van der Waals surface area contributed by atoms with E-state index in [1.165, 1.54) is 43.3 Å². The number of halogens is 3. The molecule has 4 rings (SSSR count). The van der Waals surface area contributed by atoms with Crippen LogP contribution < -0.4 is 15.6 Å². The Labute approximate surface area is 196 Å². The molecule has 2 aromatic heterocycles. The first-order chi connectivity index (χ1) is 16.4. The molecular formula is C22H18F3N5O4S. The van der Waals surface area contributed by atoms with Crippen molar-refractivity contribution in [3.05, 3.63) is 81.9 Å². The molecule has 0 aliphatic carbocycles. The van der Waals surface area contributed by atoms with Crippen LogP contribution in [0.1, 0.15) is 21.7 Å². The minimum Gasteiger partial charge on any atom is -0.320 e. The van der Waals surface area contributed by atoms with E-state index in [4.69, 9.17) is 0 Å². The number of anilines is 2. The lowest BCUT2D eigenvalue weighted by Crippen LogP contribution is -2.29. The van der Waals surface area contributed by atoms with Gasteiger partial charge in [-0.3, -0.25) is 19.4 Å². The van der Waals surface area contributed by atoms with Crippen molar-refractivity contribution in [2.45, 2.75) is 13.1 Å². The van der Waals surface area contributed by atoms with Crippen molar-refractivity contribution >= 4 is 33.0 Å². The second-order valence-corrected chi connectivity index (χ2v) is 9.38. The number of aryl methyl sites for hydroxylation is 1. The van der Waals surface area contributed by atoms with Crippen molar-refractivity contribution in [1.82, 2.24) is 14.6 Å². The number of nitrogens with one attached hydrogen (secondary N) is 3. The van der Waals surface area contributed by atoms with Crippen molar-refractivity contribution in [3.8, 4) is 11.1 Å². The van der Waals surface area contributed by atoms with Crippen molar-refractivity contribution in [1.29, 1.82) is 0 Å². The van der Waals surface area contributed by atoms with E-state index < -0.39 is 38.9 Å². The van der Waals surface area contributed by atoms with Crippen LogP contribution in [0.15, 0.2) is 59.4 Å². The van der Waals surface area contributed by atoms with Gasteiger partial charge in [0.1, 0.15) is 11.3 Å². The molecule has 0 bridgehead atoms. The molecular weight excluding hydrogens is 487 g/mol. The highest BCUT2D eigenvalue weighted by Crippen LogP contribution is 2.38. The summed E-state index contributed by atoms with van der Waals surface area (Å²) in [4.78, 5) is 30.3. The summed E-state index contributed by atoms with van der Waals surface area (Å²) in [6.07, 6.45) is -3.91. The van der Waals surface area contributed by atoms with Crippen molar-refractivity contribution < 1.29 is 26.4 Å². The van der Waals surface area contributed by atoms with Crippen molar-refractivity contribution in [2.75, 3.05) is 16.3 Å². The maximum Gasteiger partial charge on any atom is 0.433 e. The predicted molar refractivity (Wildman–Crippen MR) is 124 cm³/mol. The average molecular weight is 505 g/mol. The summed E-state index contributed by atoms with van der Waals surface area (Å²) in [7, 11) is -3.68. The van der Waals surface area contributed by atoms with Gasteiger partial charge < -0.3 is 5.32 Å². The smallest absolute Gasteiger partial charge is 0.320 e. The van der Waals surface area contributed by atoms with Gasteiger partial charge in [-0.15, -0.1) is 0 Å². The van der Waals surface area contributed by atoms with E-state index in [1.54, 1.807) is 18.2 Å². The zero-order chi connectivity index (χ0) is 25.5. The predicted octanol–water partition coefficient (Wildman–Crippen LogP) is 3.64. The van der Waals surface area contributed by atoms with Gasteiger partial charge >= 0.3 is 6.18 Å². The highest BCUT2D eigenvalue weighted by atomic mass is 32.2. The molecule has 2 aromatic carbocycles. The summed E-state index contributed by atoms with van der Waals surface area (Å²) >= 11 is 0. The number of rotatable bonds is 5. The van der Waals surface area contributed by atoms with Crippen LogP contribution in [0.25, 0.3) is 16.8 Å². The normalized spacial score (nSPS) is 12.0. The molecule has 0 atom stereocenters. The Morgan fingerprint density at radius 1 is 1.03 bits per heavy atom. The molecule has 0 fully saturated rings. The fraction of sp³-hybridized carbons (Fsp3) is 0.136. The molecule has 35 heavy (non-hydrogen) atoms. The Morgan fingerprint density at radius 2 is 1.63 bits per heavy atom. The third kappa shape index (κ3) is 4.75. The van der Waals surface area contributed by atoms with Crippen molar-refractivity contribution in [2.24, 2.45) is 0 Å². The number of carbonyl (C=O) groups is 1. The molecule has 3 N–H and O–H groups in total. The van der Waals surface area contributed by atoms with Gasteiger partial charge in [-0.05, 0) is 24.6 Å². The van der Waals surface area contributed by atoms with Gasteiger partial charge in [0.25, 0.3) is 11.5 Å². The lowest BCUT2D eigenvalue weighted by Gasteiger charge is -2.12. The monoisotopic (exact) mass is 505 g/mol. The van der Waals surface area contributed by atoms with Crippen LogP contribution in [0, 0.1) is 6.92 Å². The van der Waals surface area contributed by atoms with E-state index in [-0.39, 0.29) is 33.8 Å². The Morgan fingerprint density at radius 3 is 2.23 bits per heavy atom. The quantitative estimate of drug-likeness (QED) is 0.382. The number of amides is 1. The Balaban J connectivity index is 1.86. The molecule has 182 valence electrons. The van der Waals surface area contributed by atoms with Gasteiger partial charge in [0.05, 0.1) is 28.9 Å². The van der Waals surface area contributed by atoms with Gasteiger partial charge in [-0.25, -0.2) is 13.4 Å². The summed E-state index contributed by atoms with van der Waals surface area (Å²) in [5.41, 5.74) is -3.20. The van der Waals surface area contributed by atoms with E-state index in [1.807, 2.05) is 5.10 Å². The van der Waals surface area contributed by atoms with Gasteiger partial charge in [-0.2, -0.15) is 17.7 Å². The summed E-state index contributed by atoms with van der Waals surface area (Å²) in [5, 5.41) is 4.47. The molecule has 0 saturated carbocycles. The Kier molecular flexibility index (Phi) is 5.88. The van der Waals surface area contributed by atoms with Crippen LogP contribution in [0.2, 0.25) is 0 Å². The van der Waals surface area contributed by atoms with Crippen LogP contribution in [0.3, 0.4) is 0 Å². The maximum absolute atomic E-state index is 13.8. The topological polar surface area (TPSA) is 125 Å². The molecule has 0 unspecified atom stereocenters. The van der Waals surface area contributed by atoms with Crippen LogP contribution >= 0.6 is 0 Å². The number of benzene rings is 2. The number of fused-ring (bicyclic) bond motifs is 1. The molecule has 9 nitrogen and oxygen atoms in total. The van der Waals surface area contributed by atoms with Gasteiger partial charge in [-0.1, -0.05) is 42.5 Å². The lowest BCUT2D eigenvalue weighted by molar-refractivity contribution is -0.140. The molecule has 0 radical (unpaired) electrons. The number of hydrogen-bond acceptors (Lipinski definition) is 5. The van der Waals surface area contributed by atoms with Crippen molar-refractivity contribution in [3.63, 3.8) is 0 Å². The third-order valence-electron chi connectivity index (χ3n) is 5.01. The maximum atomic E-state index is 13.8. The van der Waals surface area contributed by atoms with E-state index >= 15 is 0 Å². The zero-order valence-electron chi connectivity index (χ0n) is 18.3. The van der Waals surface area contributed by atoms with Crippen LogP contribution in [-0.4, -0.2) is 35.2 Å². The first-order valence-corrected chi connectivity index (χ1v) is 11.9. The van der Waals surface area contributed by atoms with E-state index in [9.17, 15) is 31.2 Å². The van der Waals surface area contributed by atoms with E-state index in [0.29, 0.717) is 4.52 Å². The summed E-state index contributed by atoms with van der Waals surface area (Å²) < 4.78 is 67.5. The van der Waals surface area contributed by atoms with Crippen LogP contribution in [0.4, 0.5) is 24.5 Å². The molecule has 4 aromatic rings. The Bertz CT molecular complexity index is 1610. The van der Waals surface area contributed by atoms with Gasteiger partial charge in [0, 0.05) is 0 Å². The fourth-order valence-corrected chi connectivity index (χ4v) is 4.17. The fourth-order valence-electron chi connectivity index (χ4n) is 3.59. The minimum atomic E-state index is -4.84. The number of aromatic amines is 1. The summed E-state index contributed by atoms with van der Waals surface area (Å²) in [5.74, 6) is -0.971. The average Bonchev–Trinajstić information content (AvgIpc) is 3.15. The second kappa shape index (κ2) is 8.58. The van der Waals surface area contributed by atoms with E-state index in [0.717, 1.165) is 6.26 Å². The second-order valence-electron chi connectivity index (χ2n) is 7.64. The molecule has 0 aliphatic rings. The number of alkyl halides is 3. The number of hydrogen-bond donors (Lipinski definition) is 3. The van der Waals surface area contributed by atoms with Crippen LogP contribution in [-0.2, 0) is 16.2 Å². The number of H-pyrrole nitrogens is 1. The number of sulfonamides is 1.